The zero-order valence-electron chi connectivity index (χ0n) is 14.2. The van der Waals surface area contributed by atoms with Crippen LogP contribution in [0.25, 0.3) is 6.08 Å². The number of carbonyl (C=O) groups is 2. The minimum atomic E-state index is -1.06. The fourth-order valence-electron chi connectivity index (χ4n) is 2.27. The second kappa shape index (κ2) is 8.18. The first kappa shape index (κ1) is 18.5. The molecule has 0 fully saturated rings. The molecule has 1 rings (SSSR count). The third-order valence-corrected chi connectivity index (χ3v) is 3.52. The number of nitrogens with zero attached hydrogens (tertiary/aromatic N) is 2. The molecule has 0 spiro atoms. The maximum atomic E-state index is 12.0. The van der Waals surface area contributed by atoms with Crippen LogP contribution in [0, 0.1) is 25.2 Å². The molecule has 0 saturated carbocycles. The van der Waals surface area contributed by atoms with Crippen molar-refractivity contribution in [2.45, 2.75) is 46.8 Å². The van der Waals surface area contributed by atoms with Crippen molar-refractivity contribution < 1.29 is 19.1 Å². The van der Waals surface area contributed by atoms with Gasteiger partial charge in [0, 0.05) is 17.9 Å². The molecule has 1 atom stereocenters. The van der Waals surface area contributed by atoms with E-state index in [1.54, 1.807) is 0 Å². The van der Waals surface area contributed by atoms with E-state index in [0.717, 1.165) is 29.9 Å². The highest BCUT2D eigenvalue weighted by Gasteiger charge is 2.21. The van der Waals surface area contributed by atoms with E-state index in [-0.39, 0.29) is 5.57 Å². The SMILES string of the molecule is CCCn1c(C)cc(/C=C(\C#N)C(=O)OC(C)C(=O)OC)c1C. The van der Waals surface area contributed by atoms with Gasteiger partial charge in [0.15, 0.2) is 6.10 Å². The summed E-state index contributed by atoms with van der Waals surface area (Å²) in [6.07, 6.45) is 1.42. The van der Waals surface area contributed by atoms with Gasteiger partial charge in [0.05, 0.1) is 7.11 Å². The predicted octanol–water partition coefficient (Wildman–Crippen LogP) is 2.53. The molecule has 0 amide bonds. The largest absolute Gasteiger partial charge is 0.466 e. The highest BCUT2D eigenvalue weighted by Crippen LogP contribution is 2.19. The molecule has 0 aromatic carbocycles. The van der Waals surface area contributed by atoms with Crippen molar-refractivity contribution in [2.75, 3.05) is 7.11 Å². The second-order valence-corrected chi connectivity index (χ2v) is 5.22. The molecule has 1 heterocycles. The summed E-state index contributed by atoms with van der Waals surface area (Å²) in [4.78, 5) is 23.3. The van der Waals surface area contributed by atoms with E-state index in [1.807, 2.05) is 26.0 Å². The predicted molar refractivity (Wildman–Crippen MR) is 85.4 cm³/mol. The van der Waals surface area contributed by atoms with Gasteiger partial charge < -0.3 is 14.0 Å². The number of ether oxygens (including phenoxy) is 2. The molecule has 6 heteroatoms. The van der Waals surface area contributed by atoms with Gasteiger partial charge in [-0.3, -0.25) is 0 Å². The van der Waals surface area contributed by atoms with Gasteiger partial charge in [0.2, 0.25) is 0 Å². The van der Waals surface area contributed by atoms with Gasteiger partial charge in [-0.15, -0.1) is 0 Å². The topological polar surface area (TPSA) is 81.3 Å². The van der Waals surface area contributed by atoms with Crippen molar-refractivity contribution in [3.63, 3.8) is 0 Å². The first-order chi connectivity index (χ1) is 10.8. The summed E-state index contributed by atoms with van der Waals surface area (Å²) in [5.74, 6) is -1.51. The Labute approximate surface area is 136 Å². The van der Waals surface area contributed by atoms with Crippen molar-refractivity contribution in [3.05, 3.63) is 28.6 Å². The average molecular weight is 318 g/mol. The molecule has 23 heavy (non-hydrogen) atoms. The Morgan fingerprint density at radius 2 is 2.09 bits per heavy atom. The van der Waals surface area contributed by atoms with Crippen LogP contribution in [-0.4, -0.2) is 29.7 Å². The van der Waals surface area contributed by atoms with Crippen molar-refractivity contribution >= 4 is 18.0 Å². The molecule has 0 aliphatic rings. The van der Waals surface area contributed by atoms with Crippen LogP contribution in [-0.2, 0) is 25.6 Å². The zero-order chi connectivity index (χ0) is 17.6. The monoisotopic (exact) mass is 318 g/mol. The van der Waals surface area contributed by atoms with Gasteiger partial charge in [0.1, 0.15) is 11.6 Å². The number of methoxy groups -OCH3 is 1. The lowest BCUT2D eigenvalue weighted by molar-refractivity contribution is -0.161. The number of carbonyl (C=O) groups excluding carboxylic acids is 2. The highest BCUT2D eigenvalue weighted by molar-refractivity contribution is 5.99. The third kappa shape index (κ3) is 4.46. The van der Waals surface area contributed by atoms with Crippen molar-refractivity contribution in [3.8, 4) is 6.07 Å². The second-order valence-electron chi connectivity index (χ2n) is 5.22. The molecule has 0 radical (unpaired) electrons. The molecule has 0 N–H and O–H groups in total. The Kier molecular flexibility index (Phi) is 6.58. The van der Waals surface area contributed by atoms with Gasteiger partial charge in [-0.1, -0.05) is 6.92 Å². The van der Waals surface area contributed by atoms with Crippen LogP contribution in [0.3, 0.4) is 0 Å². The van der Waals surface area contributed by atoms with Gasteiger partial charge in [0.25, 0.3) is 0 Å². The molecule has 124 valence electrons. The molecular weight excluding hydrogens is 296 g/mol. The lowest BCUT2D eigenvalue weighted by atomic mass is 10.1. The van der Waals surface area contributed by atoms with Gasteiger partial charge in [-0.05, 0) is 44.9 Å². The summed E-state index contributed by atoms with van der Waals surface area (Å²) in [6.45, 7) is 8.26. The molecule has 0 aliphatic heterocycles. The fraction of sp³-hybridized carbons (Fsp3) is 0.471. The summed E-state index contributed by atoms with van der Waals surface area (Å²) in [6, 6.07) is 3.74. The van der Waals surface area contributed by atoms with Gasteiger partial charge >= 0.3 is 11.9 Å². The number of hydrogen-bond acceptors (Lipinski definition) is 5. The summed E-state index contributed by atoms with van der Waals surface area (Å²) in [7, 11) is 1.20. The third-order valence-electron chi connectivity index (χ3n) is 3.52. The Bertz CT molecular complexity index is 665. The molecule has 1 aromatic heterocycles. The van der Waals surface area contributed by atoms with Crippen molar-refractivity contribution in [1.82, 2.24) is 4.57 Å². The first-order valence-corrected chi connectivity index (χ1v) is 7.43. The van der Waals surface area contributed by atoms with Crippen LogP contribution in [0.1, 0.15) is 37.2 Å². The van der Waals surface area contributed by atoms with Gasteiger partial charge in [-0.2, -0.15) is 5.26 Å². The van der Waals surface area contributed by atoms with Crippen LogP contribution < -0.4 is 0 Å². The molecular formula is C17H22N2O4. The van der Waals surface area contributed by atoms with E-state index in [9.17, 15) is 14.9 Å². The summed E-state index contributed by atoms with van der Waals surface area (Å²) < 4.78 is 11.6. The van der Waals surface area contributed by atoms with Crippen LogP contribution in [0.4, 0.5) is 0 Å². The number of esters is 2. The van der Waals surface area contributed by atoms with Crippen molar-refractivity contribution in [1.29, 1.82) is 5.26 Å². The molecule has 0 bridgehead atoms. The van der Waals surface area contributed by atoms with Crippen molar-refractivity contribution in [2.24, 2.45) is 0 Å². The van der Waals surface area contributed by atoms with E-state index >= 15 is 0 Å². The molecule has 1 aromatic rings. The Balaban J connectivity index is 3.04. The quantitative estimate of drug-likeness (QED) is 0.457. The van der Waals surface area contributed by atoms with E-state index < -0.39 is 18.0 Å². The number of rotatable bonds is 6. The standard InChI is InChI=1S/C17H22N2O4/c1-6-7-19-11(2)8-14(12(19)3)9-15(10-18)17(21)23-13(4)16(20)22-5/h8-9,13H,6-7H2,1-5H3/b15-9+. The maximum absolute atomic E-state index is 12.0. The van der Waals surface area contributed by atoms with Crippen LogP contribution in [0.2, 0.25) is 0 Å². The summed E-state index contributed by atoms with van der Waals surface area (Å²) in [5, 5.41) is 9.19. The maximum Gasteiger partial charge on any atom is 0.349 e. The van der Waals surface area contributed by atoms with E-state index in [2.05, 4.69) is 16.2 Å². The van der Waals surface area contributed by atoms with Crippen LogP contribution in [0.15, 0.2) is 11.6 Å². The number of aryl methyl sites for hydroxylation is 1. The smallest absolute Gasteiger partial charge is 0.349 e. The lowest BCUT2D eigenvalue weighted by Crippen LogP contribution is -2.25. The number of hydrogen-bond donors (Lipinski definition) is 0. The average Bonchev–Trinajstić information content (AvgIpc) is 2.79. The Morgan fingerprint density at radius 3 is 2.61 bits per heavy atom. The molecule has 0 aliphatic carbocycles. The summed E-state index contributed by atoms with van der Waals surface area (Å²) in [5.41, 5.74) is 2.67. The van der Waals surface area contributed by atoms with E-state index in [1.165, 1.54) is 20.1 Å². The normalized spacial score (nSPS) is 12.4. The molecule has 0 saturated heterocycles. The first-order valence-electron chi connectivity index (χ1n) is 7.43. The van der Waals surface area contributed by atoms with E-state index in [4.69, 9.17) is 4.74 Å². The number of aromatic nitrogens is 1. The molecule has 1 unspecified atom stereocenters. The lowest BCUT2D eigenvalue weighted by Gasteiger charge is -2.10. The van der Waals surface area contributed by atoms with Crippen LogP contribution >= 0.6 is 0 Å². The highest BCUT2D eigenvalue weighted by atomic mass is 16.6. The van der Waals surface area contributed by atoms with E-state index in [0.29, 0.717) is 0 Å². The van der Waals surface area contributed by atoms with Crippen LogP contribution in [0.5, 0.6) is 0 Å². The minimum Gasteiger partial charge on any atom is -0.466 e. The minimum absolute atomic E-state index is 0.155. The van der Waals surface area contributed by atoms with Gasteiger partial charge in [-0.25, -0.2) is 9.59 Å². The Morgan fingerprint density at radius 1 is 1.43 bits per heavy atom. The number of nitriles is 1. The molecule has 6 nitrogen and oxygen atoms in total. The Hall–Kier alpha value is -2.55. The fourth-order valence-corrected chi connectivity index (χ4v) is 2.27. The summed E-state index contributed by atoms with van der Waals surface area (Å²) >= 11 is 0. The zero-order valence-corrected chi connectivity index (χ0v) is 14.2.